The van der Waals surface area contributed by atoms with Crippen molar-refractivity contribution >= 4 is 0 Å². The van der Waals surface area contributed by atoms with Gasteiger partial charge in [-0.1, -0.05) is 36.1 Å². The Balaban J connectivity index is 2.77. The fourth-order valence-corrected chi connectivity index (χ4v) is 2.11. The van der Waals surface area contributed by atoms with Crippen LogP contribution >= 0.6 is 0 Å². The summed E-state index contributed by atoms with van der Waals surface area (Å²) in [6.45, 7) is 5.06. The third-order valence-corrected chi connectivity index (χ3v) is 2.95. The Morgan fingerprint density at radius 1 is 1.16 bits per heavy atom. The summed E-state index contributed by atoms with van der Waals surface area (Å²) in [7, 11) is 3.41. The highest BCUT2D eigenvalue weighted by Crippen LogP contribution is 2.27. The molecule has 0 bridgehead atoms. The van der Waals surface area contributed by atoms with E-state index in [2.05, 4.69) is 18.4 Å². The molecule has 0 saturated carbocycles. The van der Waals surface area contributed by atoms with Gasteiger partial charge in [0.1, 0.15) is 0 Å². The molecule has 0 amide bonds. The molecule has 0 radical (unpaired) electrons. The molecule has 0 aliphatic carbocycles. The normalized spacial score (nSPS) is 10.6. The van der Waals surface area contributed by atoms with Crippen molar-refractivity contribution in [3.05, 3.63) is 48.6 Å². The number of methoxy groups -OCH3 is 2. The van der Waals surface area contributed by atoms with E-state index in [9.17, 15) is 0 Å². The molecule has 2 nitrogen and oxygen atoms in total. The zero-order valence-corrected chi connectivity index (χ0v) is 11.8. The van der Waals surface area contributed by atoms with E-state index in [1.165, 1.54) is 0 Å². The Labute approximate surface area is 116 Å². The maximum absolute atomic E-state index is 5.32. The molecule has 2 heteroatoms. The zero-order chi connectivity index (χ0) is 14.0. The van der Waals surface area contributed by atoms with E-state index in [0.29, 0.717) is 13.2 Å². The molecule has 0 atom stereocenters. The van der Waals surface area contributed by atoms with Crippen LogP contribution in [0.15, 0.2) is 43.0 Å². The number of hydrogen-bond donors (Lipinski definition) is 0. The molecule has 0 saturated heterocycles. The second kappa shape index (κ2) is 8.53. The van der Waals surface area contributed by atoms with Gasteiger partial charge < -0.3 is 9.47 Å². The first-order chi connectivity index (χ1) is 9.26. The summed E-state index contributed by atoms with van der Waals surface area (Å²) in [5.74, 6) is 6.42. The molecule has 102 valence electrons. The average Bonchev–Trinajstić information content (AvgIpc) is 2.41. The van der Waals surface area contributed by atoms with Gasteiger partial charge in [0.05, 0.1) is 13.2 Å². The largest absolute Gasteiger partial charge is 0.384 e. The molecule has 0 heterocycles. The van der Waals surface area contributed by atoms with E-state index in [1.54, 1.807) is 14.2 Å². The standard InChI is InChI=1S/C17H22O2/c1-4-12-17(14-18-2,15-19-3)13-8-11-16-9-6-5-7-10-16/h4-7,9-10H,1,12-15H2,2-3H3. The lowest BCUT2D eigenvalue weighted by atomic mass is 9.83. The zero-order valence-electron chi connectivity index (χ0n) is 11.8. The van der Waals surface area contributed by atoms with Crippen molar-refractivity contribution in [1.29, 1.82) is 0 Å². The Hall–Kier alpha value is -1.56. The van der Waals surface area contributed by atoms with Gasteiger partial charge in [-0.3, -0.25) is 0 Å². The first kappa shape index (κ1) is 15.5. The van der Waals surface area contributed by atoms with Crippen molar-refractivity contribution in [3.8, 4) is 11.8 Å². The van der Waals surface area contributed by atoms with Gasteiger partial charge in [-0.2, -0.15) is 0 Å². The fraction of sp³-hybridized carbons (Fsp3) is 0.412. The second-order valence-corrected chi connectivity index (χ2v) is 4.70. The number of ether oxygens (including phenoxy) is 2. The molecule has 0 N–H and O–H groups in total. The minimum absolute atomic E-state index is 0.104. The van der Waals surface area contributed by atoms with Crippen molar-refractivity contribution in [2.24, 2.45) is 5.41 Å². The van der Waals surface area contributed by atoms with E-state index in [4.69, 9.17) is 9.47 Å². The molecule has 1 rings (SSSR count). The molecule has 0 aliphatic heterocycles. The van der Waals surface area contributed by atoms with Gasteiger partial charge in [0.25, 0.3) is 0 Å². The van der Waals surface area contributed by atoms with Crippen LogP contribution in [0.5, 0.6) is 0 Å². The molecule has 0 unspecified atom stereocenters. The summed E-state index contributed by atoms with van der Waals surface area (Å²) in [4.78, 5) is 0. The highest BCUT2D eigenvalue weighted by molar-refractivity contribution is 5.33. The number of hydrogen-bond acceptors (Lipinski definition) is 2. The highest BCUT2D eigenvalue weighted by atomic mass is 16.5. The summed E-state index contributed by atoms with van der Waals surface area (Å²) in [5, 5.41) is 0. The monoisotopic (exact) mass is 258 g/mol. The minimum atomic E-state index is -0.104. The Morgan fingerprint density at radius 3 is 2.32 bits per heavy atom. The molecule has 0 aliphatic rings. The maximum Gasteiger partial charge on any atom is 0.0552 e. The van der Waals surface area contributed by atoms with Crippen molar-refractivity contribution in [2.75, 3.05) is 27.4 Å². The summed E-state index contributed by atoms with van der Waals surface area (Å²) in [6.07, 6.45) is 3.47. The first-order valence-corrected chi connectivity index (χ1v) is 6.39. The van der Waals surface area contributed by atoms with Crippen LogP contribution in [0.25, 0.3) is 0 Å². The summed E-state index contributed by atoms with van der Waals surface area (Å²) in [6, 6.07) is 9.99. The van der Waals surface area contributed by atoms with Crippen LogP contribution in [-0.4, -0.2) is 27.4 Å². The topological polar surface area (TPSA) is 18.5 Å². The van der Waals surface area contributed by atoms with Crippen LogP contribution in [0, 0.1) is 17.3 Å². The van der Waals surface area contributed by atoms with Crippen LogP contribution in [0.1, 0.15) is 18.4 Å². The Bertz CT molecular complexity index is 420. The van der Waals surface area contributed by atoms with Crippen LogP contribution in [0.4, 0.5) is 0 Å². The van der Waals surface area contributed by atoms with E-state index in [0.717, 1.165) is 18.4 Å². The highest BCUT2D eigenvalue weighted by Gasteiger charge is 2.28. The Morgan fingerprint density at radius 2 is 1.79 bits per heavy atom. The molecule has 0 fully saturated rings. The van der Waals surface area contributed by atoms with Crippen LogP contribution in [0.3, 0.4) is 0 Å². The van der Waals surface area contributed by atoms with Gasteiger partial charge in [0.2, 0.25) is 0 Å². The smallest absolute Gasteiger partial charge is 0.0552 e. The number of allylic oxidation sites excluding steroid dienone is 1. The maximum atomic E-state index is 5.32. The van der Waals surface area contributed by atoms with Crippen molar-refractivity contribution < 1.29 is 9.47 Å². The number of rotatable bonds is 7. The lowest BCUT2D eigenvalue weighted by molar-refractivity contribution is 0.0150. The van der Waals surface area contributed by atoms with E-state index < -0.39 is 0 Å². The lowest BCUT2D eigenvalue weighted by Gasteiger charge is -2.29. The third-order valence-electron chi connectivity index (χ3n) is 2.95. The van der Waals surface area contributed by atoms with Gasteiger partial charge >= 0.3 is 0 Å². The van der Waals surface area contributed by atoms with E-state index in [-0.39, 0.29) is 5.41 Å². The van der Waals surface area contributed by atoms with Crippen LogP contribution < -0.4 is 0 Å². The Kier molecular flexibility index (Phi) is 6.95. The van der Waals surface area contributed by atoms with E-state index in [1.807, 2.05) is 36.4 Å². The predicted molar refractivity (Wildman–Crippen MR) is 78.9 cm³/mol. The SMILES string of the molecule is C=CCC(CC#Cc1ccccc1)(COC)COC. The number of benzene rings is 1. The van der Waals surface area contributed by atoms with Crippen molar-refractivity contribution in [2.45, 2.75) is 12.8 Å². The first-order valence-electron chi connectivity index (χ1n) is 6.39. The van der Waals surface area contributed by atoms with Crippen molar-refractivity contribution in [3.63, 3.8) is 0 Å². The second-order valence-electron chi connectivity index (χ2n) is 4.70. The minimum Gasteiger partial charge on any atom is -0.384 e. The van der Waals surface area contributed by atoms with Gasteiger partial charge in [0, 0.05) is 31.6 Å². The molecular formula is C17H22O2. The van der Waals surface area contributed by atoms with Gasteiger partial charge in [-0.05, 0) is 18.6 Å². The summed E-state index contributed by atoms with van der Waals surface area (Å²) >= 11 is 0. The molecule has 1 aromatic rings. The fourth-order valence-electron chi connectivity index (χ4n) is 2.11. The predicted octanol–water partition coefficient (Wildman–Crippen LogP) is 3.28. The van der Waals surface area contributed by atoms with Crippen LogP contribution in [-0.2, 0) is 9.47 Å². The molecule has 1 aromatic carbocycles. The molecule has 0 aromatic heterocycles. The van der Waals surface area contributed by atoms with Crippen LogP contribution in [0.2, 0.25) is 0 Å². The molecule has 19 heavy (non-hydrogen) atoms. The van der Waals surface area contributed by atoms with Gasteiger partial charge in [-0.15, -0.1) is 6.58 Å². The van der Waals surface area contributed by atoms with E-state index >= 15 is 0 Å². The molecule has 0 spiro atoms. The third kappa shape index (κ3) is 5.30. The lowest BCUT2D eigenvalue weighted by Crippen LogP contribution is -2.30. The van der Waals surface area contributed by atoms with Gasteiger partial charge in [-0.25, -0.2) is 0 Å². The summed E-state index contributed by atoms with van der Waals surface area (Å²) in [5.41, 5.74) is 0.928. The summed E-state index contributed by atoms with van der Waals surface area (Å²) < 4.78 is 10.6. The molecular weight excluding hydrogens is 236 g/mol. The average molecular weight is 258 g/mol. The quantitative estimate of drug-likeness (QED) is 0.552. The van der Waals surface area contributed by atoms with Crippen molar-refractivity contribution in [1.82, 2.24) is 0 Å². The van der Waals surface area contributed by atoms with Gasteiger partial charge in [0.15, 0.2) is 0 Å².